The fourth-order valence-corrected chi connectivity index (χ4v) is 4.07. The Hall–Kier alpha value is -0.880. The van der Waals surface area contributed by atoms with Crippen LogP contribution in [0.25, 0.3) is 0 Å². The van der Waals surface area contributed by atoms with Crippen LogP contribution in [0, 0.1) is 5.92 Å². The van der Waals surface area contributed by atoms with Crippen LogP contribution in [0.4, 0.5) is 0 Å². The van der Waals surface area contributed by atoms with E-state index in [0.29, 0.717) is 19.3 Å². The molecule has 1 heterocycles. The van der Waals surface area contributed by atoms with E-state index >= 15 is 0 Å². The van der Waals surface area contributed by atoms with Crippen molar-refractivity contribution < 1.29 is 14.7 Å². The number of thiophene rings is 1. The maximum absolute atomic E-state index is 11.8. The molecule has 4 nitrogen and oxygen atoms in total. The third kappa shape index (κ3) is 4.59. The second-order valence-corrected chi connectivity index (χ2v) is 7.72. The first-order chi connectivity index (χ1) is 9.54. The second kappa shape index (κ2) is 7.22. The summed E-state index contributed by atoms with van der Waals surface area (Å²) in [5.74, 6) is -0.995. The van der Waals surface area contributed by atoms with E-state index in [9.17, 15) is 9.59 Å². The molecule has 0 spiro atoms. The Morgan fingerprint density at radius 3 is 2.80 bits per heavy atom. The van der Waals surface area contributed by atoms with Crippen molar-refractivity contribution in [2.45, 2.75) is 44.6 Å². The van der Waals surface area contributed by atoms with Crippen molar-refractivity contribution in [1.82, 2.24) is 5.32 Å². The summed E-state index contributed by atoms with van der Waals surface area (Å²) in [5, 5.41) is 11.9. The number of rotatable bonds is 6. The molecule has 6 heteroatoms. The minimum absolute atomic E-state index is 0.0386. The first-order valence-corrected chi connectivity index (χ1v) is 8.42. The maximum atomic E-state index is 11.8. The van der Waals surface area contributed by atoms with Gasteiger partial charge in [0.05, 0.1) is 9.70 Å². The number of carboxylic acid groups (broad SMARTS) is 1. The number of carboxylic acids is 1. The van der Waals surface area contributed by atoms with Gasteiger partial charge in [-0.2, -0.15) is 0 Å². The molecule has 1 aliphatic carbocycles. The Morgan fingerprint density at radius 2 is 2.20 bits per heavy atom. The van der Waals surface area contributed by atoms with Crippen LogP contribution < -0.4 is 5.32 Å². The Labute approximate surface area is 130 Å². The summed E-state index contributed by atoms with van der Waals surface area (Å²) in [4.78, 5) is 23.9. The smallest absolute Gasteiger partial charge is 0.306 e. The zero-order chi connectivity index (χ0) is 14.5. The molecule has 0 bridgehead atoms. The second-order valence-electron chi connectivity index (χ2n) is 5.17. The van der Waals surface area contributed by atoms with Gasteiger partial charge in [0.1, 0.15) is 0 Å². The number of aliphatic carboxylic acids is 1. The molecule has 1 fully saturated rings. The fourth-order valence-electron chi connectivity index (χ4n) is 2.55. The predicted octanol–water partition coefficient (Wildman–Crippen LogP) is 3.20. The average molecular weight is 360 g/mol. The molecule has 1 aliphatic rings. The minimum atomic E-state index is -0.745. The van der Waals surface area contributed by atoms with Gasteiger partial charge in [-0.15, -0.1) is 11.3 Å². The van der Waals surface area contributed by atoms with Gasteiger partial charge in [-0.3, -0.25) is 9.59 Å². The molecule has 2 atom stereocenters. The van der Waals surface area contributed by atoms with E-state index in [0.717, 1.165) is 23.0 Å². The SMILES string of the molecule is O=C(CCCc1ccc(Br)s1)N[C@H]1CC[C@@H](C(=O)O)C1. The van der Waals surface area contributed by atoms with Gasteiger partial charge >= 0.3 is 5.97 Å². The van der Waals surface area contributed by atoms with Gasteiger partial charge in [-0.1, -0.05) is 0 Å². The summed E-state index contributed by atoms with van der Waals surface area (Å²) in [5.41, 5.74) is 0. The lowest BCUT2D eigenvalue weighted by atomic mass is 10.1. The third-order valence-electron chi connectivity index (χ3n) is 3.60. The van der Waals surface area contributed by atoms with E-state index in [1.165, 1.54) is 4.88 Å². The Morgan fingerprint density at radius 1 is 1.40 bits per heavy atom. The van der Waals surface area contributed by atoms with Crippen molar-refractivity contribution in [3.05, 3.63) is 20.8 Å². The molecule has 110 valence electrons. The van der Waals surface area contributed by atoms with Gasteiger partial charge in [0.15, 0.2) is 0 Å². The predicted molar refractivity (Wildman–Crippen MR) is 81.9 cm³/mol. The van der Waals surface area contributed by atoms with Crippen molar-refractivity contribution in [2.75, 3.05) is 0 Å². The molecular weight excluding hydrogens is 342 g/mol. The lowest BCUT2D eigenvalue weighted by Crippen LogP contribution is -2.33. The summed E-state index contributed by atoms with van der Waals surface area (Å²) >= 11 is 5.12. The monoisotopic (exact) mass is 359 g/mol. The molecule has 0 unspecified atom stereocenters. The van der Waals surface area contributed by atoms with E-state index in [1.807, 2.05) is 6.07 Å². The van der Waals surface area contributed by atoms with Gasteiger partial charge in [-0.05, 0) is 60.2 Å². The van der Waals surface area contributed by atoms with Crippen molar-refractivity contribution in [2.24, 2.45) is 5.92 Å². The van der Waals surface area contributed by atoms with Crippen molar-refractivity contribution in [3.63, 3.8) is 0 Å². The number of halogens is 1. The van der Waals surface area contributed by atoms with Crippen LogP contribution in [0.2, 0.25) is 0 Å². The third-order valence-corrected chi connectivity index (χ3v) is 5.29. The van der Waals surface area contributed by atoms with E-state index in [1.54, 1.807) is 11.3 Å². The number of nitrogens with one attached hydrogen (secondary N) is 1. The summed E-state index contributed by atoms with van der Waals surface area (Å²) in [6.07, 6.45) is 4.26. The molecule has 2 N–H and O–H groups in total. The lowest BCUT2D eigenvalue weighted by molar-refractivity contribution is -0.141. The molecule has 1 saturated carbocycles. The largest absolute Gasteiger partial charge is 0.481 e. The average Bonchev–Trinajstić information content (AvgIpc) is 2.99. The molecular formula is C14H18BrNO3S. The number of hydrogen-bond donors (Lipinski definition) is 2. The summed E-state index contributed by atoms with van der Waals surface area (Å²) in [6, 6.07) is 4.13. The van der Waals surface area contributed by atoms with Gasteiger partial charge < -0.3 is 10.4 Å². The first-order valence-electron chi connectivity index (χ1n) is 6.81. The van der Waals surface area contributed by atoms with E-state index in [-0.39, 0.29) is 17.9 Å². The highest BCUT2D eigenvalue weighted by Crippen LogP contribution is 2.26. The van der Waals surface area contributed by atoms with Gasteiger partial charge in [-0.25, -0.2) is 0 Å². The number of carbonyl (C=O) groups excluding carboxylic acids is 1. The highest BCUT2D eigenvalue weighted by Gasteiger charge is 2.30. The quantitative estimate of drug-likeness (QED) is 0.819. The molecule has 20 heavy (non-hydrogen) atoms. The van der Waals surface area contributed by atoms with E-state index in [4.69, 9.17) is 5.11 Å². The Bertz CT molecular complexity index is 489. The van der Waals surface area contributed by atoms with Crippen molar-refractivity contribution in [1.29, 1.82) is 0 Å². The lowest BCUT2D eigenvalue weighted by Gasteiger charge is -2.12. The molecule has 0 radical (unpaired) electrons. The Kier molecular flexibility index (Phi) is 5.60. The van der Waals surface area contributed by atoms with Gasteiger partial charge in [0.25, 0.3) is 0 Å². The molecule has 0 saturated heterocycles. The van der Waals surface area contributed by atoms with E-state index < -0.39 is 5.97 Å². The number of carbonyl (C=O) groups is 2. The maximum Gasteiger partial charge on any atom is 0.306 e. The van der Waals surface area contributed by atoms with Crippen LogP contribution >= 0.6 is 27.3 Å². The van der Waals surface area contributed by atoms with Crippen molar-refractivity contribution in [3.8, 4) is 0 Å². The topological polar surface area (TPSA) is 66.4 Å². The number of hydrogen-bond acceptors (Lipinski definition) is 3. The standard InChI is InChI=1S/C14H18BrNO3S/c15-12-7-6-11(20-12)2-1-3-13(17)16-10-5-4-9(8-10)14(18)19/h6-7,9-10H,1-5,8H2,(H,16,17)(H,18,19)/t9-,10+/m1/s1. The van der Waals surface area contributed by atoms with Crippen molar-refractivity contribution >= 4 is 39.1 Å². The molecule has 1 amide bonds. The molecule has 2 rings (SSSR count). The highest BCUT2D eigenvalue weighted by molar-refractivity contribution is 9.11. The highest BCUT2D eigenvalue weighted by atomic mass is 79.9. The minimum Gasteiger partial charge on any atom is -0.481 e. The van der Waals surface area contributed by atoms with Crippen LogP contribution in [0.1, 0.15) is 37.0 Å². The van der Waals surface area contributed by atoms with Crippen LogP contribution in [-0.4, -0.2) is 23.0 Å². The normalized spacial score (nSPS) is 21.9. The number of amides is 1. The summed E-state index contributed by atoms with van der Waals surface area (Å²) in [6.45, 7) is 0. The van der Waals surface area contributed by atoms with Crippen LogP contribution in [0.3, 0.4) is 0 Å². The molecule has 1 aromatic rings. The van der Waals surface area contributed by atoms with Gasteiger partial charge in [0.2, 0.25) is 5.91 Å². The van der Waals surface area contributed by atoms with Crippen LogP contribution in [-0.2, 0) is 16.0 Å². The summed E-state index contributed by atoms with van der Waals surface area (Å²) < 4.78 is 1.11. The molecule has 0 aromatic carbocycles. The zero-order valence-corrected chi connectivity index (χ0v) is 13.5. The van der Waals surface area contributed by atoms with Gasteiger partial charge in [0, 0.05) is 17.3 Å². The number of aryl methyl sites for hydroxylation is 1. The Balaban J connectivity index is 1.65. The zero-order valence-electron chi connectivity index (χ0n) is 11.1. The molecule has 1 aromatic heterocycles. The first kappa shape index (κ1) is 15.5. The van der Waals surface area contributed by atoms with Crippen LogP contribution in [0.15, 0.2) is 15.9 Å². The van der Waals surface area contributed by atoms with Crippen LogP contribution in [0.5, 0.6) is 0 Å². The molecule has 0 aliphatic heterocycles. The van der Waals surface area contributed by atoms with E-state index in [2.05, 4.69) is 27.3 Å². The fraction of sp³-hybridized carbons (Fsp3) is 0.571. The summed E-state index contributed by atoms with van der Waals surface area (Å²) in [7, 11) is 0.